The Bertz CT molecular complexity index is 885. The van der Waals surface area contributed by atoms with Gasteiger partial charge in [0.25, 0.3) is 10.0 Å². The Hall–Kier alpha value is -1.67. The van der Waals surface area contributed by atoms with Crippen LogP contribution in [0.1, 0.15) is 12.5 Å². The minimum absolute atomic E-state index is 0.0318. The number of hydrazine groups is 1. The van der Waals surface area contributed by atoms with Crippen molar-refractivity contribution in [3.05, 3.63) is 52.3 Å². The summed E-state index contributed by atoms with van der Waals surface area (Å²) in [6, 6.07) is 6.35. The highest BCUT2D eigenvalue weighted by Crippen LogP contribution is 2.39. The average molecular weight is 371 g/mol. The summed E-state index contributed by atoms with van der Waals surface area (Å²) in [5.41, 5.74) is 3.96. The van der Waals surface area contributed by atoms with Crippen LogP contribution in [0, 0.1) is 0 Å². The quantitative estimate of drug-likeness (QED) is 0.898. The molecule has 2 aromatic rings. The lowest BCUT2D eigenvalue weighted by molar-refractivity contribution is 0.595. The summed E-state index contributed by atoms with van der Waals surface area (Å²) >= 11 is 12.1. The van der Waals surface area contributed by atoms with Gasteiger partial charge in [-0.1, -0.05) is 30.1 Å². The zero-order valence-electron chi connectivity index (χ0n) is 12.0. The Morgan fingerprint density at radius 1 is 1.30 bits per heavy atom. The molecule has 0 spiro atoms. The molecule has 0 saturated heterocycles. The summed E-state index contributed by atoms with van der Waals surface area (Å²) in [6.45, 7) is 2.43. The second kappa shape index (κ2) is 6.09. The van der Waals surface area contributed by atoms with Crippen molar-refractivity contribution in [3.63, 3.8) is 0 Å². The number of anilines is 1. The van der Waals surface area contributed by atoms with E-state index in [0.717, 1.165) is 0 Å². The van der Waals surface area contributed by atoms with E-state index in [9.17, 15) is 8.42 Å². The molecular formula is C14H12Cl2N4O2S. The number of benzene rings is 1. The van der Waals surface area contributed by atoms with Gasteiger partial charge in [0.05, 0.1) is 10.7 Å². The first-order chi connectivity index (χ1) is 10.9. The number of fused-ring (bicyclic) bond motifs is 1. The maximum Gasteiger partial charge on any atom is 0.287 e. The third-order valence-electron chi connectivity index (χ3n) is 3.14. The van der Waals surface area contributed by atoms with E-state index in [1.54, 1.807) is 23.3 Å². The van der Waals surface area contributed by atoms with E-state index < -0.39 is 10.0 Å². The molecule has 3 rings (SSSR count). The van der Waals surface area contributed by atoms with Crippen LogP contribution in [-0.2, 0) is 10.0 Å². The van der Waals surface area contributed by atoms with Crippen LogP contribution in [0.15, 0.2) is 46.0 Å². The lowest BCUT2D eigenvalue weighted by atomic mass is 10.2. The van der Waals surface area contributed by atoms with Crippen molar-refractivity contribution in [1.29, 1.82) is 0 Å². The van der Waals surface area contributed by atoms with Crippen molar-refractivity contribution in [2.45, 2.75) is 11.8 Å². The molecule has 1 N–H and O–H groups in total. The number of nitrogens with one attached hydrogen (secondary N) is 1. The molecule has 120 valence electrons. The number of nitrogens with zero attached hydrogens (tertiary/aromatic N) is 3. The van der Waals surface area contributed by atoms with Gasteiger partial charge in [-0.2, -0.15) is 8.42 Å². The van der Waals surface area contributed by atoms with E-state index in [-0.39, 0.29) is 15.8 Å². The van der Waals surface area contributed by atoms with E-state index in [4.69, 9.17) is 23.2 Å². The summed E-state index contributed by atoms with van der Waals surface area (Å²) in [6.07, 6.45) is 3.14. The Labute approximate surface area is 143 Å². The summed E-state index contributed by atoms with van der Waals surface area (Å²) < 4.78 is 29.0. The van der Waals surface area contributed by atoms with Crippen LogP contribution < -0.4 is 10.4 Å². The SMILES string of the molecule is CCNN1C(c2cccnc2)=NS(=O)(=O)c2c(Cl)cc(Cl)cc21. The van der Waals surface area contributed by atoms with Gasteiger partial charge in [-0.15, -0.1) is 4.40 Å². The molecule has 0 fully saturated rings. The molecule has 23 heavy (non-hydrogen) atoms. The van der Waals surface area contributed by atoms with Gasteiger partial charge in [0.1, 0.15) is 4.90 Å². The van der Waals surface area contributed by atoms with Crippen molar-refractivity contribution >= 4 is 44.7 Å². The highest BCUT2D eigenvalue weighted by molar-refractivity contribution is 7.90. The molecule has 0 aliphatic carbocycles. The summed E-state index contributed by atoms with van der Waals surface area (Å²) in [4.78, 5) is 3.94. The highest BCUT2D eigenvalue weighted by Gasteiger charge is 2.34. The third kappa shape index (κ3) is 2.92. The van der Waals surface area contributed by atoms with E-state index in [1.165, 1.54) is 18.3 Å². The van der Waals surface area contributed by atoms with Crippen molar-refractivity contribution < 1.29 is 8.42 Å². The normalized spacial score (nSPS) is 16.0. The minimum atomic E-state index is -3.95. The standard InChI is InChI=1S/C14H12Cl2N4O2S/c1-2-18-20-12-7-10(15)6-11(16)13(12)23(21,22)19-14(20)9-4-3-5-17-8-9/h3-8,18H,2H2,1H3. The first kappa shape index (κ1) is 16.2. The number of hydrogen-bond acceptors (Lipinski definition) is 5. The van der Waals surface area contributed by atoms with Gasteiger partial charge in [-0.25, -0.2) is 5.43 Å². The van der Waals surface area contributed by atoms with Gasteiger partial charge in [-0.05, 0) is 24.3 Å². The molecule has 1 aliphatic heterocycles. The van der Waals surface area contributed by atoms with Gasteiger partial charge >= 0.3 is 0 Å². The molecule has 1 aromatic carbocycles. The summed E-state index contributed by atoms with van der Waals surface area (Å²) in [5.74, 6) is 0.214. The van der Waals surface area contributed by atoms with Crippen molar-refractivity contribution in [1.82, 2.24) is 10.4 Å². The first-order valence-electron chi connectivity index (χ1n) is 6.72. The van der Waals surface area contributed by atoms with Crippen LogP contribution in [0.5, 0.6) is 0 Å². The fraction of sp³-hybridized carbons (Fsp3) is 0.143. The monoisotopic (exact) mass is 370 g/mol. The van der Waals surface area contributed by atoms with Crippen LogP contribution >= 0.6 is 23.2 Å². The first-order valence-corrected chi connectivity index (χ1v) is 8.91. The molecule has 1 aliphatic rings. The molecule has 2 heterocycles. The Balaban J connectivity index is 2.29. The van der Waals surface area contributed by atoms with Crippen molar-refractivity contribution in [2.75, 3.05) is 11.6 Å². The van der Waals surface area contributed by atoms with Crippen LogP contribution in [0.3, 0.4) is 0 Å². The highest BCUT2D eigenvalue weighted by atomic mass is 35.5. The van der Waals surface area contributed by atoms with Crippen LogP contribution in [0.25, 0.3) is 0 Å². The molecule has 6 nitrogen and oxygen atoms in total. The molecule has 0 atom stereocenters. The van der Waals surface area contributed by atoms with E-state index >= 15 is 0 Å². The molecule has 1 aromatic heterocycles. The molecule has 0 amide bonds. The predicted octanol–water partition coefficient (Wildman–Crippen LogP) is 2.87. The number of aromatic nitrogens is 1. The molecule has 0 unspecified atom stereocenters. The number of sulfonamides is 1. The second-order valence-corrected chi connectivity index (χ2v) is 7.10. The molecular weight excluding hydrogens is 359 g/mol. The third-order valence-corrected chi connectivity index (χ3v) is 5.13. The average Bonchev–Trinajstić information content (AvgIpc) is 2.49. The fourth-order valence-corrected chi connectivity index (χ4v) is 4.28. The van der Waals surface area contributed by atoms with Crippen molar-refractivity contribution in [3.8, 4) is 0 Å². The summed E-state index contributed by atoms with van der Waals surface area (Å²) in [5, 5.41) is 1.93. The molecule has 9 heteroatoms. The second-order valence-electron chi connectivity index (χ2n) is 4.71. The largest absolute Gasteiger partial charge is 0.287 e. The predicted molar refractivity (Wildman–Crippen MR) is 90.6 cm³/mol. The Kier molecular flexibility index (Phi) is 4.29. The van der Waals surface area contributed by atoms with Gasteiger partial charge in [0.2, 0.25) is 0 Å². The number of rotatable bonds is 3. The molecule has 0 saturated carbocycles. The van der Waals surface area contributed by atoms with Crippen LogP contribution in [-0.4, -0.2) is 25.8 Å². The Morgan fingerprint density at radius 2 is 2.09 bits per heavy atom. The lowest BCUT2D eigenvalue weighted by Crippen LogP contribution is -2.46. The van der Waals surface area contributed by atoms with Crippen LogP contribution in [0.4, 0.5) is 5.69 Å². The zero-order valence-corrected chi connectivity index (χ0v) is 14.3. The molecule has 0 radical (unpaired) electrons. The number of halogens is 2. The number of amidine groups is 1. The van der Waals surface area contributed by atoms with Crippen LogP contribution in [0.2, 0.25) is 10.0 Å². The maximum atomic E-state index is 12.5. The van der Waals surface area contributed by atoms with Gasteiger partial charge in [0.15, 0.2) is 5.84 Å². The number of pyridine rings is 1. The topological polar surface area (TPSA) is 74.7 Å². The smallest absolute Gasteiger partial charge is 0.264 e. The van der Waals surface area contributed by atoms with Gasteiger partial charge < -0.3 is 0 Å². The number of hydrogen-bond donors (Lipinski definition) is 1. The maximum absolute atomic E-state index is 12.5. The van der Waals surface area contributed by atoms with Crippen molar-refractivity contribution in [2.24, 2.45) is 4.40 Å². The van der Waals surface area contributed by atoms with Gasteiger partial charge in [0, 0.05) is 29.5 Å². The zero-order chi connectivity index (χ0) is 16.6. The van der Waals surface area contributed by atoms with E-state index in [1.807, 2.05) is 6.92 Å². The molecule has 0 bridgehead atoms. The summed E-state index contributed by atoms with van der Waals surface area (Å²) in [7, 11) is -3.95. The van der Waals surface area contributed by atoms with Gasteiger partial charge in [-0.3, -0.25) is 9.99 Å². The minimum Gasteiger partial charge on any atom is -0.264 e. The Morgan fingerprint density at radius 3 is 2.74 bits per heavy atom. The van der Waals surface area contributed by atoms with E-state index in [2.05, 4.69) is 14.8 Å². The lowest BCUT2D eigenvalue weighted by Gasteiger charge is -2.31. The fourth-order valence-electron chi connectivity index (χ4n) is 2.28. The van der Waals surface area contributed by atoms with E-state index in [0.29, 0.717) is 22.8 Å².